The van der Waals surface area contributed by atoms with E-state index < -0.39 is 11.6 Å². The molecule has 4 N–H and O–H groups in total. The minimum Gasteiger partial charge on any atom is -0.326 e. The molecule has 0 radical (unpaired) electrons. The fourth-order valence-electron chi connectivity index (χ4n) is 3.00. The summed E-state index contributed by atoms with van der Waals surface area (Å²) >= 11 is 17.1. The Hall–Kier alpha value is -2.47. The molecule has 4 rings (SSSR count). The maximum Gasteiger partial charge on any atom is 0.129 e. The predicted octanol–water partition coefficient (Wildman–Crippen LogP) is 9.97. The zero-order valence-corrected chi connectivity index (χ0v) is 24.2. The number of aryl methyl sites for hydroxylation is 2. The Bertz CT molecular complexity index is 1150. The monoisotopic (exact) mass is 594 g/mol. The highest BCUT2D eigenvalue weighted by molar-refractivity contribution is 6.35. The van der Waals surface area contributed by atoms with Crippen LogP contribution in [0.15, 0.2) is 84.9 Å². The molecule has 0 bridgehead atoms. The average Bonchev–Trinajstić information content (AvgIpc) is 2.91. The van der Waals surface area contributed by atoms with Gasteiger partial charge in [0.15, 0.2) is 0 Å². The van der Waals surface area contributed by atoms with Gasteiger partial charge in [-0.3, -0.25) is 0 Å². The van der Waals surface area contributed by atoms with Crippen molar-refractivity contribution in [1.29, 1.82) is 0 Å². The minimum atomic E-state index is -0.456. The van der Waals surface area contributed by atoms with Gasteiger partial charge in [-0.2, -0.15) is 0 Å². The molecule has 0 atom stereocenters. The number of hydrogen-bond acceptors (Lipinski definition) is 2. The second-order valence-electron chi connectivity index (χ2n) is 8.16. The molecule has 0 aliphatic heterocycles. The summed E-state index contributed by atoms with van der Waals surface area (Å²) in [5.41, 5.74) is 15.7. The molecule has 0 fully saturated rings. The molecule has 0 saturated heterocycles. The topological polar surface area (TPSA) is 52.0 Å². The number of nitrogens with two attached hydrogens (primary N) is 2. The predicted molar refractivity (Wildman–Crippen MR) is 167 cm³/mol. The lowest BCUT2D eigenvalue weighted by Gasteiger charge is -1.98. The maximum atomic E-state index is 12.6. The van der Waals surface area contributed by atoms with E-state index in [0.29, 0.717) is 29.6 Å². The average molecular weight is 596 g/mol. The lowest BCUT2D eigenvalue weighted by molar-refractivity contribution is 0.559. The van der Waals surface area contributed by atoms with E-state index in [-0.39, 0.29) is 13.0 Å². The van der Waals surface area contributed by atoms with Crippen molar-refractivity contribution in [3.8, 4) is 0 Å². The highest BCUT2D eigenvalue weighted by Gasteiger charge is 2.03. The standard InChI is InChI=1S/C8H9Cl.C8H8F2.C8H11N.C7H7Cl2N.CH4/c1-2-7-3-5-8(9)6-4-7;1-2-6-7(9)4-3-5-8(6)10;1-7-2-4-8(6-9)5-3-7;8-6-2-1-5(4-10)7(9)3-6;/h3-6H,2H2,1H3;3-5H,2H2,1H3;2-5H,6,9H2,1H3;1-3H,4,10H2;1H4. The fraction of sp³-hybridized carbons (Fsp3) is 0.250. The van der Waals surface area contributed by atoms with Gasteiger partial charge in [-0.05, 0) is 72.9 Å². The van der Waals surface area contributed by atoms with Crippen LogP contribution in [-0.4, -0.2) is 0 Å². The Labute approximate surface area is 247 Å². The maximum absolute atomic E-state index is 12.6. The highest BCUT2D eigenvalue weighted by Crippen LogP contribution is 2.20. The molecule has 212 valence electrons. The molecule has 0 unspecified atom stereocenters. The summed E-state index contributed by atoms with van der Waals surface area (Å²) in [6.07, 6.45) is 1.48. The van der Waals surface area contributed by atoms with Gasteiger partial charge in [0.2, 0.25) is 0 Å². The SMILES string of the molecule is C.CCc1c(F)cccc1F.CCc1ccc(Cl)cc1.Cc1ccc(CN)cc1.NCc1ccc(Cl)cc1Cl. The van der Waals surface area contributed by atoms with E-state index >= 15 is 0 Å². The first kappa shape index (κ1) is 36.5. The van der Waals surface area contributed by atoms with Gasteiger partial charge >= 0.3 is 0 Å². The number of halogens is 5. The minimum absolute atomic E-state index is 0. The van der Waals surface area contributed by atoms with Crippen molar-refractivity contribution in [1.82, 2.24) is 0 Å². The van der Waals surface area contributed by atoms with Crippen LogP contribution >= 0.6 is 34.8 Å². The smallest absolute Gasteiger partial charge is 0.129 e. The summed E-state index contributed by atoms with van der Waals surface area (Å²) in [5.74, 6) is -0.912. The van der Waals surface area contributed by atoms with E-state index in [0.717, 1.165) is 17.0 Å². The van der Waals surface area contributed by atoms with Crippen molar-refractivity contribution in [3.05, 3.63) is 139 Å². The Kier molecular flexibility index (Phi) is 19.1. The van der Waals surface area contributed by atoms with Crippen molar-refractivity contribution in [2.24, 2.45) is 11.5 Å². The molecule has 7 heteroatoms. The van der Waals surface area contributed by atoms with Crippen molar-refractivity contribution < 1.29 is 8.78 Å². The zero-order chi connectivity index (χ0) is 28.5. The third kappa shape index (κ3) is 14.5. The van der Waals surface area contributed by atoms with E-state index in [1.54, 1.807) is 19.1 Å². The first-order chi connectivity index (χ1) is 18.1. The van der Waals surface area contributed by atoms with E-state index in [4.69, 9.17) is 46.3 Å². The van der Waals surface area contributed by atoms with Gasteiger partial charge in [0.25, 0.3) is 0 Å². The summed E-state index contributed by atoms with van der Waals surface area (Å²) in [7, 11) is 0. The van der Waals surface area contributed by atoms with E-state index in [1.165, 1.54) is 34.9 Å². The molecule has 39 heavy (non-hydrogen) atoms. The first-order valence-corrected chi connectivity index (χ1v) is 13.3. The lowest BCUT2D eigenvalue weighted by Crippen LogP contribution is -1.96. The number of rotatable bonds is 4. The molecule has 2 nitrogen and oxygen atoms in total. The van der Waals surface area contributed by atoms with E-state index in [2.05, 4.69) is 38.1 Å². The molecule has 0 saturated carbocycles. The number of hydrogen-bond donors (Lipinski definition) is 2. The largest absolute Gasteiger partial charge is 0.326 e. The normalized spacial score (nSPS) is 9.49. The van der Waals surface area contributed by atoms with Gasteiger partial charge in [0.05, 0.1) is 0 Å². The summed E-state index contributed by atoms with van der Waals surface area (Å²) in [6.45, 7) is 7.02. The third-order valence-corrected chi connectivity index (χ3v) is 6.17. The van der Waals surface area contributed by atoms with Crippen LogP contribution in [0.25, 0.3) is 0 Å². The van der Waals surface area contributed by atoms with E-state index in [9.17, 15) is 8.78 Å². The summed E-state index contributed by atoms with van der Waals surface area (Å²) < 4.78 is 25.2. The molecule has 0 amide bonds. The van der Waals surface area contributed by atoms with Crippen LogP contribution in [-0.2, 0) is 25.9 Å². The molecule has 4 aromatic carbocycles. The van der Waals surface area contributed by atoms with E-state index in [1.807, 2.05) is 30.3 Å². The quantitative estimate of drug-likeness (QED) is 0.247. The van der Waals surface area contributed by atoms with Crippen molar-refractivity contribution in [3.63, 3.8) is 0 Å². The van der Waals surface area contributed by atoms with Gasteiger partial charge in [-0.1, -0.05) is 110 Å². The Morgan fingerprint density at radius 1 is 0.641 bits per heavy atom. The van der Waals surface area contributed by atoms with Crippen LogP contribution in [0.4, 0.5) is 8.78 Å². The summed E-state index contributed by atoms with van der Waals surface area (Å²) in [6, 6.07) is 25.3. The molecule has 0 heterocycles. The molecule has 0 aliphatic rings. The van der Waals surface area contributed by atoms with Crippen molar-refractivity contribution in [2.75, 3.05) is 0 Å². The van der Waals surface area contributed by atoms with Crippen LogP contribution in [0.5, 0.6) is 0 Å². The molecule has 4 aromatic rings. The molecule has 0 aliphatic carbocycles. The van der Waals surface area contributed by atoms with Crippen LogP contribution < -0.4 is 11.5 Å². The van der Waals surface area contributed by atoms with Crippen molar-refractivity contribution in [2.45, 2.75) is 54.1 Å². The van der Waals surface area contributed by atoms with Gasteiger partial charge in [-0.15, -0.1) is 0 Å². The molecular formula is C32H39Cl3F2N2. The first-order valence-electron chi connectivity index (χ1n) is 12.2. The third-order valence-electron chi connectivity index (χ3n) is 5.33. The molecule has 0 aromatic heterocycles. The fourth-order valence-corrected chi connectivity index (χ4v) is 3.61. The lowest BCUT2D eigenvalue weighted by atomic mass is 10.1. The molecule has 0 spiro atoms. The van der Waals surface area contributed by atoms with Crippen LogP contribution in [0.1, 0.15) is 49.1 Å². The van der Waals surface area contributed by atoms with Gasteiger partial charge in [0, 0.05) is 33.7 Å². The Balaban J connectivity index is 0.000000490. The van der Waals surface area contributed by atoms with Gasteiger partial charge < -0.3 is 11.5 Å². The molecular weight excluding hydrogens is 557 g/mol. The van der Waals surface area contributed by atoms with Crippen molar-refractivity contribution >= 4 is 34.8 Å². The Morgan fingerprint density at radius 2 is 1.15 bits per heavy atom. The van der Waals surface area contributed by atoms with Gasteiger partial charge in [-0.25, -0.2) is 8.78 Å². The Morgan fingerprint density at radius 3 is 1.56 bits per heavy atom. The second kappa shape index (κ2) is 20.4. The highest BCUT2D eigenvalue weighted by atomic mass is 35.5. The summed E-state index contributed by atoms with van der Waals surface area (Å²) in [4.78, 5) is 0. The van der Waals surface area contributed by atoms with Crippen LogP contribution in [0, 0.1) is 18.6 Å². The van der Waals surface area contributed by atoms with Crippen LogP contribution in [0.3, 0.4) is 0 Å². The summed E-state index contributed by atoms with van der Waals surface area (Å²) in [5, 5.41) is 2.09. The van der Waals surface area contributed by atoms with Crippen LogP contribution in [0.2, 0.25) is 15.1 Å². The van der Waals surface area contributed by atoms with Gasteiger partial charge in [0.1, 0.15) is 11.6 Å². The number of benzene rings is 4. The zero-order valence-electron chi connectivity index (χ0n) is 22.0. The second-order valence-corrected chi connectivity index (χ2v) is 9.44.